The van der Waals surface area contributed by atoms with Crippen molar-refractivity contribution >= 4 is 50.4 Å². The fraction of sp³-hybridized carbons (Fsp3) is 0.133. The molecule has 1 atom stereocenters. The first-order valence-electron chi connectivity index (χ1n) is 11.9. The van der Waals surface area contributed by atoms with E-state index in [1.165, 1.54) is 29.4 Å². The van der Waals surface area contributed by atoms with Crippen LogP contribution in [0, 0.1) is 13.8 Å². The molecule has 1 amide bonds. The smallest absolute Gasteiger partial charge is 0.337 e. The number of fused-ring (bicyclic) bond motifs is 1. The van der Waals surface area contributed by atoms with Crippen LogP contribution in [0.2, 0.25) is 0 Å². The average Bonchev–Trinajstić information content (AvgIpc) is 3.46. The number of aliphatic hydroxyl groups excluding tert-OH is 1. The largest absolute Gasteiger partial charge is 0.503 e. The minimum atomic E-state index is -0.941. The number of nitrogens with zero attached hydrogens (tertiary/aromatic N) is 2. The highest BCUT2D eigenvalue weighted by molar-refractivity contribution is 7.22. The second kappa shape index (κ2) is 10.1. The molecule has 38 heavy (non-hydrogen) atoms. The molecule has 190 valence electrons. The Balaban J connectivity index is 1.62. The molecule has 1 N–H and O–H groups in total. The van der Waals surface area contributed by atoms with Gasteiger partial charge in [-0.25, -0.2) is 9.78 Å². The summed E-state index contributed by atoms with van der Waals surface area (Å²) in [5.41, 5.74) is 4.40. The number of rotatable bonds is 6. The quantitative estimate of drug-likeness (QED) is 0.250. The SMILES string of the molecule is COC(=O)c1ccc(C2C(C(=O)C=Cc3ccccc3)=C(O)C(=O)N2c2nc3c(C)cc(C)cc3s2)cc1. The number of carbonyl (C=O) groups is 3. The zero-order chi connectivity index (χ0) is 27.0. The van der Waals surface area contributed by atoms with Crippen molar-refractivity contribution in [3.8, 4) is 0 Å². The monoisotopic (exact) mass is 524 g/mol. The third-order valence-corrected chi connectivity index (χ3v) is 7.37. The fourth-order valence-corrected chi connectivity index (χ4v) is 5.75. The molecule has 4 aromatic rings. The molecule has 1 aliphatic rings. The van der Waals surface area contributed by atoms with Crippen molar-refractivity contribution in [2.75, 3.05) is 12.0 Å². The minimum Gasteiger partial charge on any atom is -0.503 e. The van der Waals surface area contributed by atoms with Crippen molar-refractivity contribution in [1.29, 1.82) is 0 Å². The maximum atomic E-state index is 13.5. The van der Waals surface area contributed by atoms with E-state index in [1.807, 2.05) is 56.3 Å². The van der Waals surface area contributed by atoms with E-state index >= 15 is 0 Å². The van der Waals surface area contributed by atoms with E-state index in [2.05, 4.69) is 0 Å². The molecule has 2 heterocycles. The van der Waals surface area contributed by atoms with Crippen LogP contribution in [-0.2, 0) is 14.3 Å². The molecule has 8 heteroatoms. The molecule has 0 aliphatic carbocycles. The van der Waals surface area contributed by atoms with E-state index in [1.54, 1.807) is 30.3 Å². The van der Waals surface area contributed by atoms with Gasteiger partial charge in [-0.05, 0) is 60.4 Å². The van der Waals surface area contributed by atoms with Gasteiger partial charge in [-0.2, -0.15) is 0 Å². The molecular formula is C30H24N2O5S. The normalized spacial score (nSPS) is 15.6. The summed E-state index contributed by atoms with van der Waals surface area (Å²) in [6.45, 7) is 3.94. The number of aryl methyl sites for hydroxylation is 2. The molecule has 0 saturated carbocycles. The van der Waals surface area contributed by atoms with Gasteiger partial charge >= 0.3 is 5.97 Å². The van der Waals surface area contributed by atoms with Crippen LogP contribution in [0.3, 0.4) is 0 Å². The molecule has 0 bridgehead atoms. The lowest BCUT2D eigenvalue weighted by Gasteiger charge is -2.24. The van der Waals surface area contributed by atoms with Crippen LogP contribution >= 0.6 is 11.3 Å². The Labute approximate surface area is 223 Å². The van der Waals surface area contributed by atoms with Crippen molar-refractivity contribution in [3.05, 3.63) is 112 Å². The third-order valence-electron chi connectivity index (χ3n) is 6.37. The number of ketones is 1. The van der Waals surface area contributed by atoms with Crippen LogP contribution < -0.4 is 4.90 Å². The number of esters is 1. The van der Waals surface area contributed by atoms with Gasteiger partial charge in [0.2, 0.25) is 0 Å². The van der Waals surface area contributed by atoms with Crippen LogP contribution in [0.5, 0.6) is 0 Å². The van der Waals surface area contributed by atoms with Gasteiger partial charge in [-0.3, -0.25) is 14.5 Å². The first-order valence-corrected chi connectivity index (χ1v) is 12.7. The summed E-state index contributed by atoms with van der Waals surface area (Å²) in [7, 11) is 1.29. The van der Waals surface area contributed by atoms with Crippen LogP contribution in [0.4, 0.5) is 5.13 Å². The van der Waals surface area contributed by atoms with E-state index in [4.69, 9.17) is 9.72 Å². The van der Waals surface area contributed by atoms with E-state index in [-0.39, 0.29) is 5.57 Å². The number of ether oxygens (including phenoxy) is 1. The van der Waals surface area contributed by atoms with E-state index in [0.717, 1.165) is 26.9 Å². The average molecular weight is 525 g/mol. The Morgan fingerprint density at radius 3 is 2.45 bits per heavy atom. The zero-order valence-electron chi connectivity index (χ0n) is 21.0. The van der Waals surface area contributed by atoms with Crippen LogP contribution in [0.25, 0.3) is 16.3 Å². The lowest BCUT2D eigenvalue weighted by Crippen LogP contribution is -2.30. The number of methoxy groups -OCH3 is 1. The van der Waals surface area contributed by atoms with Crippen LogP contribution in [0.1, 0.15) is 38.7 Å². The molecule has 3 aromatic carbocycles. The first kappa shape index (κ1) is 25.1. The van der Waals surface area contributed by atoms with Gasteiger partial charge in [0, 0.05) is 0 Å². The van der Waals surface area contributed by atoms with Crippen molar-refractivity contribution in [1.82, 2.24) is 4.98 Å². The molecule has 1 aliphatic heterocycles. The second-order valence-electron chi connectivity index (χ2n) is 8.99. The standard InChI is InChI=1S/C30H24N2O5S/c1-17-15-18(2)25-23(16-17)38-30(31-25)32-26(20-10-12-21(13-11-20)29(36)37-3)24(27(34)28(32)35)22(33)14-9-19-7-5-4-6-8-19/h4-16,26,34H,1-3H3. The Morgan fingerprint density at radius 1 is 1.05 bits per heavy atom. The molecule has 0 radical (unpaired) electrons. The molecule has 1 aromatic heterocycles. The maximum absolute atomic E-state index is 13.5. The van der Waals surface area contributed by atoms with Crippen molar-refractivity contribution in [2.24, 2.45) is 0 Å². The second-order valence-corrected chi connectivity index (χ2v) is 10.00. The fourth-order valence-electron chi connectivity index (χ4n) is 4.58. The number of anilines is 1. The van der Waals surface area contributed by atoms with E-state index in [9.17, 15) is 19.5 Å². The molecule has 0 saturated heterocycles. The summed E-state index contributed by atoms with van der Waals surface area (Å²) in [5, 5.41) is 11.3. The van der Waals surface area contributed by atoms with Gasteiger partial charge in [0.1, 0.15) is 0 Å². The number of hydrogen-bond acceptors (Lipinski definition) is 7. The molecular weight excluding hydrogens is 500 g/mol. The number of amides is 1. The third kappa shape index (κ3) is 4.50. The Hall–Kier alpha value is -4.56. The summed E-state index contributed by atoms with van der Waals surface area (Å²) in [4.78, 5) is 45.0. The van der Waals surface area contributed by atoms with Gasteiger partial charge in [-0.1, -0.05) is 65.9 Å². The number of hydrogen-bond donors (Lipinski definition) is 1. The maximum Gasteiger partial charge on any atom is 0.337 e. The van der Waals surface area contributed by atoms with Crippen LogP contribution in [-0.4, -0.2) is 34.9 Å². The highest BCUT2D eigenvalue weighted by Crippen LogP contribution is 2.44. The lowest BCUT2D eigenvalue weighted by molar-refractivity contribution is -0.117. The summed E-state index contributed by atoms with van der Waals surface area (Å²) in [6.07, 6.45) is 2.98. The van der Waals surface area contributed by atoms with E-state index < -0.39 is 29.5 Å². The molecule has 7 nitrogen and oxygen atoms in total. The number of carbonyl (C=O) groups excluding carboxylic acids is 3. The molecule has 0 spiro atoms. The summed E-state index contributed by atoms with van der Waals surface area (Å²) < 4.78 is 5.69. The predicted molar refractivity (Wildman–Crippen MR) is 147 cm³/mol. The lowest BCUT2D eigenvalue weighted by atomic mass is 9.95. The topological polar surface area (TPSA) is 96.8 Å². The number of aromatic nitrogens is 1. The van der Waals surface area contributed by atoms with Crippen LogP contribution in [0.15, 0.2) is 84.1 Å². The molecule has 0 fully saturated rings. The summed E-state index contributed by atoms with van der Waals surface area (Å²) >= 11 is 1.32. The Kier molecular flexibility index (Phi) is 6.65. The number of thiazole rings is 1. The number of benzene rings is 3. The minimum absolute atomic E-state index is 0.0554. The zero-order valence-corrected chi connectivity index (χ0v) is 21.8. The number of allylic oxidation sites excluding steroid dienone is 1. The van der Waals surface area contributed by atoms with Gasteiger partial charge in [0.05, 0.1) is 34.5 Å². The number of aliphatic hydroxyl groups is 1. The van der Waals surface area contributed by atoms with Crippen molar-refractivity contribution in [3.63, 3.8) is 0 Å². The molecule has 1 unspecified atom stereocenters. The highest BCUT2D eigenvalue weighted by atomic mass is 32.1. The van der Waals surface area contributed by atoms with Gasteiger partial charge in [0.15, 0.2) is 16.7 Å². The van der Waals surface area contributed by atoms with Crippen molar-refractivity contribution < 1.29 is 24.2 Å². The van der Waals surface area contributed by atoms with Gasteiger partial charge < -0.3 is 9.84 Å². The molecule has 5 rings (SSSR count). The van der Waals surface area contributed by atoms with Crippen molar-refractivity contribution in [2.45, 2.75) is 19.9 Å². The summed E-state index contributed by atoms with van der Waals surface area (Å²) in [5.74, 6) is -2.34. The van der Waals surface area contributed by atoms with Gasteiger partial charge in [-0.15, -0.1) is 0 Å². The Morgan fingerprint density at radius 2 is 1.76 bits per heavy atom. The first-order chi connectivity index (χ1) is 18.3. The summed E-state index contributed by atoms with van der Waals surface area (Å²) in [6, 6.07) is 18.7. The Bertz CT molecular complexity index is 1630. The predicted octanol–water partition coefficient (Wildman–Crippen LogP) is 5.88. The van der Waals surface area contributed by atoms with Gasteiger partial charge in [0.25, 0.3) is 5.91 Å². The highest BCUT2D eigenvalue weighted by Gasteiger charge is 2.45. The van der Waals surface area contributed by atoms with E-state index in [0.29, 0.717) is 16.3 Å².